The molecule has 0 amide bonds. The largest absolute Gasteiger partial charge is 0.383 e. The number of nitrogens with zero attached hydrogens (tertiary/aromatic N) is 2. The van der Waals surface area contributed by atoms with Crippen LogP contribution in [0.3, 0.4) is 0 Å². The molecule has 1 N–H and O–H groups in total. The summed E-state index contributed by atoms with van der Waals surface area (Å²) in [6.07, 6.45) is 0. The Kier molecular flexibility index (Phi) is 2.50. The van der Waals surface area contributed by atoms with Crippen LogP contribution in [0.25, 0.3) is 11.0 Å². The van der Waals surface area contributed by atoms with E-state index in [4.69, 9.17) is 0 Å². The molecule has 1 aromatic heterocycles. The Morgan fingerprint density at radius 3 is 2.38 bits per heavy atom. The van der Waals surface area contributed by atoms with E-state index in [0.717, 1.165) is 16.7 Å². The third-order valence-corrected chi connectivity index (χ3v) is 2.73. The zero-order valence-corrected chi connectivity index (χ0v) is 10.1. The topological polar surface area (TPSA) is 39.0 Å². The monoisotopic (exact) mass is 219 g/mol. The Balaban J connectivity index is 2.62. The SMILES string of the molecule is CC(C)Nc1ccc2c(c1)n(C)c(=O)n2C. The van der Waals surface area contributed by atoms with E-state index >= 15 is 0 Å². The van der Waals surface area contributed by atoms with Gasteiger partial charge in [-0.25, -0.2) is 4.79 Å². The number of hydrogen-bond donors (Lipinski definition) is 1. The summed E-state index contributed by atoms with van der Waals surface area (Å²) in [6, 6.07) is 6.37. The second-order valence-electron chi connectivity index (χ2n) is 4.40. The minimum Gasteiger partial charge on any atom is -0.383 e. The molecule has 1 aromatic carbocycles. The summed E-state index contributed by atoms with van der Waals surface area (Å²) in [5.41, 5.74) is 2.97. The Bertz CT molecular complexity index is 578. The van der Waals surface area contributed by atoms with Crippen molar-refractivity contribution in [3.05, 3.63) is 28.7 Å². The lowest BCUT2D eigenvalue weighted by atomic mass is 10.2. The molecule has 0 bridgehead atoms. The van der Waals surface area contributed by atoms with Crippen molar-refractivity contribution in [2.24, 2.45) is 14.1 Å². The van der Waals surface area contributed by atoms with Gasteiger partial charge in [0.1, 0.15) is 0 Å². The van der Waals surface area contributed by atoms with Gasteiger partial charge in [0.25, 0.3) is 0 Å². The third kappa shape index (κ3) is 1.60. The van der Waals surface area contributed by atoms with Crippen molar-refractivity contribution in [2.75, 3.05) is 5.32 Å². The van der Waals surface area contributed by atoms with E-state index in [2.05, 4.69) is 19.2 Å². The highest BCUT2D eigenvalue weighted by Gasteiger charge is 2.07. The quantitative estimate of drug-likeness (QED) is 0.835. The normalized spacial score (nSPS) is 11.3. The predicted molar refractivity (Wildman–Crippen MR) is 66.9 cm³/mol. The van der Waals surface area contributed by atoms with E-state index in [1.54, 1.807) is 23.2 Å². The summed E-state index contributed by atoms with van der Waals surface area (Å²) >= 11 is 0. The molecule has 4 nitrogen and oxygen atoms in total. The van der Waals surface area contributed by atoms with Gasteiger partial charge in [-0.1, -0.05) is 0 Å². The molecule has 0 radical (unpaired) electrons. The zero-order chi connectivity index (χ0) is 11.9. The summed E-state index contributed by atoms with van der Waals surface area (Å²) in [5.74, 6) is 0. The first-order chi connectivity index (χ1) is 7.50. The second kappa shape index (κ2) is 3.70. The van der Waals surface area contributed by atoms with Gasteiger partial charge in [-0.3, -0.25) is 9.13 Å². The fourth-order valence-electron chi connectivity index (χ4n) is 1.93. The van der Waals surface area contributed by atoms with Gasteiger partial charge in [0.05, 0.1) is 11.0 Å². The van der Waals surface area contributed by atoms with Gasteiger partial charge < -0.3 is 5.32 Å². The molecule has 2 aromatic rings. The molecule has 0 atom stereocenters. The summed E-state index contributed by atoms with van der Waals surface area (Å²) in [4.78, 5) is 11.7. The predicted octanol–water partition coefficient (Wildman–Crippen LogP) is 1.70. The van der Waals surface area contributed by atoms with E-state index in [1.165, 1.54) is 0 Å². The maximum atomic E-state index is 11.7. The number of anilines is 1. The summed E-state index contributed by atoms with van der Waals surface area (Å²) in [5, 5.41) is 3.33. The highest BCUT2D eigenvalue weighted by Crippen LogP contribution is 2.17. The molecule has 16 heavy (non-hydrogen) atoms. The van der Waals surface area contributed by atoms with Gasteiger partial charge in [-0.2, -0.15) is 0 Å². The molecule has 0 unspecified atom stereocenters. The number of aryl methyl sites for hydroxylation is 2. The van der Waals surface area contributed by atoms with Crippen LogP contribution in [0, 0.1) is 0 Å². The Labute approximate surface area is 94.5 Å². The van der Waals surface area contributed by atoms with Crippen molar-refractivity contribution in [3.8, 4) is 0 Å². The fourth-order valence-corrected chi connectivity index (χ4v) is 1.93. The van der Waals surface area contributed by atoms with Gasteiger partial charge in [-0.15, -0.1) is 0 Å². The number of nitrogens with one attached hydrogen (secondary N) is 1. The van der Waals surface area contributed by atoms with Crippen LogP contribution in [0.5, 0.6) is 0 Å². The highest BCUT2D eigenvalue weighted by molar-refractivity contribution is 5.80. The van der Waals surface area contributed by atoms with Crippen molar-refractivity contribution in [1.82, 2.24) is 9.13 Å². The van der Waals surface area contributed by atoms with Crippen LogP contribution in [-0.4, -0.2) is 15.2 Å². The van der Waals surface area contributed by atoms with Gasteiger partial charge >= 0.3 is 5.69 Å². The summed E-state index contributed by atoms with van der Waals surface area (Å²) < 4.78 is 3.33. The van der Waals surface area contributed by atoms with Crippen LogP contribution in [0.1, 0.15) is 13.8 Å². The van der Waals surface area contributed by atoms with Crippen molar-refractivity contribution in [2.45, 2.75) is 19.9 Å². The molecule has 4 heteroatoms. The second-order valence-corrected chi connectivity index (χ2v) is 4.40. The van der Waals surface area contributed by atoms with Gasteiger partial charge in [0, 0.05) is 25.8 Å². The van der Waals surface area contributed by atoms with E-state index in [9.17, 15) is 4.79 Å². The molecule has 0 spiro atoms. The van der Waals surface area contributed by atoms with Crippen LogP contribution < -0.4 is 11.0 Å². The number of rotatable bonds is 2. The molecule has 86 valence electrons. The number of imidazole rings is 1. The standard InChI is InChI=1S/C12H17N3O/c1-8(2)13-9-5-6-10-11(7-9)15(4)12(16)14(10)3/h5-8,13H,1-4H3. The molecule has 2 rings (SSSR count). The number of fused-ring (bicyclic) bond motifs is 1. The molecule has 0 fully saturated rings. The maximum absolute atomic E-state index is 11.7. The third-order valence-electron chi connectivity index (χ3n) is 2.73. The zero-order valence-electron chi connectivity index (χ0n) is 10.1. The summed E-state index contributed by atoms with van der Waals surface area (Å²) in [7, 11) is 3.59. The number of aromatic nitrogens is 2. The molecule has 0 saturated carbocycles. The molecule has 0 aliphatic heterocycles. The van der Waals surface area contributed by atoms with Crippen LogP contribution in [0.15, 0.2) is 23.0 Å². The van der Waals surface area contributed by atoms with Crippen molar-refractivity contribution >= 4 is 16.7 Å². The van der Waals surface area contributed by atoms with Crippen LogP contribution in [-0.2, 0) is 14.1 Å². The van der Waals surface area contributed by atoms with Gasteiger partial charge in [0.2, 0.25) is 0 Å². The molecular formula is C12H17N3O. The lowest BCUT2D eigenvalue weighted by Gasteiger charge is -2.09. The Morgan fingerprint density at radius 1 is 1.12 bits per heavy atom. The maximum Gasteiger partial charge on any atom is 0.328 e. The number of hydrogen-bond acceptors (Lipinski definition) is 2. The van der Waals surface area contributed by atoms with Crippen LogP contribution in [0.4, 0.5) is 5.69 Å². The molecular weight excluding hydrogens is 202 g/mol. The van der Waals surface area contributed by atoms with Crippen molar-refractivity contribution in [3.63, 3.8) is 0 Å². The summed E-state index contributed by atoms with van der Waals surface area (Å²) in [6.45, 7) is 4.18. The van der Waals surface area contributed by atoms with E-state index in [-0.39, 0.29) is 5.69 Å². The fraction of sp³-hybridized carbons (Fsp3) is 0.417. The van der Waals surface area contributed by atoms with Gasteiger partial charge in [0.15, 0.2) is 0 Å². The van der Waals surface area contributed by atoms with Gasteiger partial charge in [-0.05, 0) is 32.0 Å². The average Bonchev–Trinajstić information content (AvgIpc) is 2.43. The average molecular weight is 219 g/mol. The van der Waals surface area contributed by atoms with Crippen LogP contribution >= 0.6 is 0 Å². The minimum atomic E-state index is 0.0108. The van der Waals surface area contributed by atoms with E-state index < -0.39 is 0 Å². The lowest BCUT2D eigenvalue weighted by Crippen LogP contribution is -2.19. The van der Waals surface area contributed by atoms with E-state index in [1.807, 2.05) is 18.2 Å². The van der Waals surface area contributed by atoms with Crippen molar-refractivity contribution in [1.29, 1.82) is 0 Å². The first-order valence-corrected chi connectivity index (χ1v) is 5.42. The lowest BCUT2D eigenvalue weighted by molar-refractivity contribution is 0.795. The molecule has 0 saturated heterocycles. The molecule has 1 heterocycles. The Hall–Kier alpha value is -1.71. The Morgan fingerprint density at radius 2 is 1.75 bits per heavy atom. The minimum absolute atomic E-state index is 0.0108. The van der Waals surface area contributed by atoms with Crippen molar-refractivity contribution < 1.29 is 0 Å². The molecule has 0 aliphatic carbocycles. The molecule has 0 aliphatic rings. The smallest absolute Gasteiger partial charge is 0.328 e. The number of benzene rings is 1. The first kappa shape index (κ1) is 10.8. The highest BCUT2D eigenvalue weighted by atomic mass is 16.1. The first-order valence-electron chi connectivity index (χ1n) is 5.42. The van der Waals surface area contributed by atoms with E-state index in [0.29, 0.717) is 6.04 Å². The van der Waals surface area contributed by atoms with Crippen LogP contribution in [0.2, 0.25) is 0 Å².